The van der Waals surface area contributed by atoms with E-state index in [1.54, 1.807) is 0 Å². The lowest BCUT2D eigenvalue weighted by atomic mass is 9.78. The number of rotatable bonds is 8. The molecule has 0 unspecified atom stereocenters. The first kappa shape index (κ1) is 38.7. The lowest BCUT2D eigenvalue weighted by Gasteiger charge is -2.25. The van der Waals surface area contributed by atoms with Gasteiger partial charge >= 0.3 is 0 Å². The van der Waals surface area contributed by atoms with Gasteiger partial charge in [-0.3, -0.25) is 0 Å². The van der Waals surface area contributed by atoms with E-state index in [1.165, 1.54) is 89.0 Å². The molecule has 308 valence electrons. The number of benzene rings is 10. The summed E-state index contributed by atoms with van der Waals surface area (Å²) >= 11 is 0. The SMILES string of the molecule is CC1(C)c2cc(-c3ccc4c(c3)oc3ccccc34)ccc2-c2ccc(C(c3ccc(-c4cccc(-c5ccccc5)c4)cc3)c3ccc(-c4cccc(-c5ccccc5)c4)cc3)cc21. The quantitative estimate of drug-likeness (QED) is 0.139. The minimum atomic E-state index is -0.202. The van der Waals surface area contributed by atoms with Crippen LogP contribution < -0.4 is 0 Å². The molecule has 1 nitrogen and oxygen atoms in total. The summed E-state index contributed by atoms with van der Waals surface area (Å²) in [5, 5.41) is 2.31. The second-order valence-corrected chi connectivity index (χ2v) is 18.1. The maximum atomic E-state index is 6.31. The van der Waals surface area contributed by atoms with Crippen LogP contribution in [0.4, 0.5) is 0 Å². The molecule has 1 aromatic heterocycles. The Kier molecular flexibility index (Phi) is 9.31. The number of furan rings is 1. The average molecular weight is 831 g/mol. The van der Waals surface area contributed by atoms with E-state index in [1.807, 2.05) is 12.1 Å². The van der Waals surface area contributed by atoms with Crippen molar-refractivity contribution >= 4 is 21.9 Å². The van der Waals surface area contributed by atoms with Crippen molar-refractivity contribution in [2.45, 2.75) is 25.2 Å². The van der Waals surface area contributed by atoms with Gasteiger partial charge in [0.15, 0.2) is 0 Å². The summed E-state index contributed by atoms with van der Waals surface area (Å²) in [6.07, 6.45) is 0. The van der Waals surface area contributed by atoms with Crippen LogP contribution in [0.15, 0.2) is 241 Å². The Balaban J connectivity index is 0.917. The Labute approximate surface area is 380 Å². The molecule has 0 bridgehead atoms. The molecule has 0 amide bonds. The first-order chi connectivity index (χ1) is 31.9. The minimum Gasteiger partial charge on any atom is -0.456 e. The highest BCUT2D eigenvalue weighted by Gasteiger charge is 2.36. The van der Waals surface area contributed by atoms with Crippen molar-refractivity contribution in [1.82, 2.24) is 0 Å². The van der Waals surface area contributed by atoms with Gasteiger partial charge in [0.05, 0.1) is 0 Å². The van der Waals surface area contributed by atoms with E-state index < -0.39 is 0 Å². The summed E-state index contributed by atoms with van der Waals surface area (Å²) in [7, 11) is 0. The summed E-state index contributed by atoms with van der Waals surface area (Å²) < 4.78 is 6.31. The first-order valence-electron chi connectivity index (χ1n) is 22.7. The van der Waals surface area contributed by atoms with Crippen LogP contribution in [-0.2, 0) is 5.41 Å². The van der Waals surface area contributed by atoms with E-state index in [9.17, 15) is 0 Å². The molecule has 1 heteroatoms. The molecule has 1 aliphatic rings. The third-order valence-electron chi connectivity index (χ3n) is 13.8. The smallest absolute Gasteiger partial charge is 0.136 e. The van der Waals surface area contributed by atoms with E-state index >= 15 is 0 Å². The fraction of sp³-hybridized carbons (Fsp3) is 0.0625. The Bertz CT molecular complexity index is 3410. The van der Waals surface area contributed by atoms with Crippen LogP contribution in [0.25, 0.3) is 88.7 Å². The van der Waals surface area contributed by atoms with Crippen LogP contribution in [-0.4, -0.2) is 0 Å². The van der Waals surface area contributed by atoms with Crippen LogP contribution >= 0.6 is 0 Å². The first-order valence-corrected chi connectivity index (χ1v) is 22.7. The molecule has 1 heterocycles. The van der Waals surface area contributed by atoms with Crippen molar-refractivity contribution in [3.05, 3.63) is 264 Å². The van der Waals surface area contributed by atoms with Crippen LogP contribution in [0.3, 0.4) is 0 Å². The zero-order chi connectivity index (χ0) is 43.5. The van der Waals surface area contributed by atoms with Gasteiger partial charge in [0.2, 0.25) is 0 Å². The zero-order valence-electron chi connectivity index (χ0n) is 36.5. The number of para-hydroxylation sites is 1. The van der Waals surface area contributed by atoms with Crippen molar-refractivity contribution in [1.29, 1.82) is 0 Å². The molecule has 1 aliphatic carbocycles. The number of fused-ring (bicyclic) bond motifs is 6. The predicted molar refractivity (Wildman–Crippen MR) is 272 cm³/mol. The molecule has 10 aromatic carbocycles. The minimum absolute atomic E-state index is 0.0281. The summed E-state index contributed by atoms with van der Waals surface area (Å²) in [4.78, 5) is 0. The fourth-order valence-corrected chi connectivity index (χ4v) is 10.4. The molecule has 65 heavy (non-hydrogen) atoms. The Morgan fingerprint density at radius 2 is 0.692 bits per heavy atom. The second-order valence-electron chi connectivity index (χ2n) is 18.1. The summed E-state index contributed by atoms with van der Waals surface area (Å²) in [5.74, 6) is 0.0281. The van der Waals surface area contributed by atoms with Crippen molar-refractivity contribution in [3.8, 4) is 66.8 Å². The van der Waals surface area contributed by atoms with Crippen LogP contribution in [0.1, 0.15) is 47.6 Å². The molecule has 0 radical (unpaired) electrons. The van der Waals surface area contributed by atoms with Gasteiger partial charge in [-0.1, -0.05) is 214 Å². The van der Waals surface area contributed by atoms with E-state index in [0.717, 1.165) is 27.5 Å². The van der Waals surface area contributed by atoms with Gasteiger partial charge in [0.1, 0.15) is 11.2 Å². The van der Waals surface area contributed by atoms with Crippen LogP contribution in [0.2, 0.25) is 0 Å². The van der Waals surface area contributed by atoms with E-state index in [0.29, 0.717) is 0 Å². The molecule has 12 rings (SSSR count). The average Bonchev–Trinajstić information content (AvgIpc) is 3.85. The highest BCUT2D eigenvalue weighted by atomic mass is 16.3. The normalized spacial score (nSPS) is 12.7. The molecular weight excluding hydrogens is 785 g/mol. The zero-order valence-corrected chi connectivity index (χ0v) is 36.5. The predicted octanol–water partition coefficient (Wildman–Crippen LogP) is 17.4. The van der Waals surface area contributed by atoms with Crippen molar-refractivity contribution in [3.63, 3.8) is 0 Å². The molecule has 11 aromatic rings. The Morgan fingerprint density at radius 3 is 1.28 bits per heavy atom. The van der Waals surface area contributed by atoms with Gasteiger partial charge in [0, 0.05) is 22.1 Å². The van der Waals surface area contributed by atoms with Crippen molar-refractivity contribution in [2.24, 2.45) is 0 Å². The molecule has 0 saturated carbocycles. The van der Waals surface area contributed by atoms with Crippen LogP contribution in [0.5, 0.6) is 0 Å². The standard InChI is InChI=1S/C64H46O/c1-64(2)59-39-52(53-32-36-58-57-21-9-10-22-61(57)65-62(58)41-53)31-34-55(59)56-35-33-54(40-60(56)64)63(46-27-23-44(24-28-46)50-19-11-17-48(37-50)42-13-5-3-6-14-42)47-29-25-45(26-30-47)51-20-12-18-49(38-51)43-15-7-4-8-16-43/h3-41,63H,1-2H3. The summed E-state index contributed by atoms with van der Waals surface area (Å²) in [5.41, 5.74) is 22.9. The fourth-order valence-electron chi connectivity index (χ4n) is 10.4. The maximum Gasteiger partial charge on any atom is 0.136 e. The van der Waals surface area contributed by atoms with Gasteiger partial charge in [-0.25, -0.2) is 0 Å². The Hall–Kier alpha value is -8.00. The van der Waals surface area contributed by atoms with E-state index in [2.05, 4.69) is 238 Å². The van der Waals surface area contributed by atoms with Gasteiger partial charge in [-0.15, -0.1) is 0 Å². The second kappa shape index (κ2) is 15.7. The van der Waals surface area contributed by atoms with Crippen LogP contribution in [0, 0.1) is 0 Å². The molecule has 0 N–H and O–H groups in total. The monoisotopic (exact) mass is 830 g/mol. The topological polar surface area (TPSA) is 13.1 Å². The highest BCUT2D eigenvalue weighted by molar-refractivity contribution is 6.06. The molecule has 0 spiro atoms. The van der Waals surface area contributed by atoms with Gasteiger partial charge in [-0.05, 0) is 131 Å². The molecule has 0 atom stereocenters. The summed E-state index contributed by atoms with van der Waals surface area (Å²) in [6, 6.07) is 86.7. The van der Waals surface area contributed by atoms with Gasteiger partial charge in [-0.2, -0.15) is 0 Å². The summed E-state index contributed by atoms with van der Waals surface area (Å²) in [6.45, 7) is 4.78. The lowest BCUT2D eigenvalue weighted by molar-refractivity contribution is 0.659. The van der Waals surface area contributed by atoms with Gasteiger partial charge < -0.3 is 4.42 Å². The van der Waals surface area contributed by atoms with E-state index in [4.69, 9.17) is 4.42 Å². The number of hydrogen-bond acceptors (Lipinski definition) is 1. The molecule has 0 fully saturated rings. The van der Waals surface area contributed by atoms with Crippen molar-refractivity contribution in [2.75, 3.05) is 0 Å². The lowest BCUT2D eigenvalue weighted by Crippen LogP contribution is -2.16. The third kappa shape index (κ3) is 6.89. The van der Waals surface area contributed by atoms with Crippen molar-refractivity contribution < 1.29 is 4.42 Å². The Morgan fingerprint density at radius 1 is 0.292 bits per heavy atom. The molecular formula is C64H46O. The highest BCUT2D eigenvalue weighted by Crippen LogP contribution is 2.51. The molecule has 0 saturated heterocycles. The van der Waals surface area contributed by atoms with E-state index in [-0.39, 0.29) is 11.3 Å². The molecule has 0 aliphatic heterocycles. The largest absolute Gasteiger partial charge is 0.456 e. The third-order valence-corrected chi connectivity index (χ3v) is 13.8. The van der Waals surface area contributed by atoms with Gasteiger partial charge in [0.25, 0.3) is 0 Å². The number of hydrogen-bond donors (Lipinski definition) is 0. The maximum absolute atomic E-state index is 6.31.